The normalized spacial score (nSPS) is 6.00. The van der Waals surface area contributed by atoms with Crippen molar-refractivity contribution in [3.8, 4) is 0 Å². The Bertz CT molecular complexity index is 30.7. The van der Waals surface area contributed by atoms with E-state index in [1.807, 2.05) is 0 Å². The van der Waals surface area contributed by atoms with E-state index < -0.39 is 17.4 Å². The van der Waals surface area contributed by atoms with Crippen LogP contribution in [-0.4, -0.2) is 0 Å². The first-order valence-corrected chi connectivity index (χ1v) is 2.19. The molecule has 0 aromatic heterocycles. The van der Waals surface area contributed by atoms with Crippen molar-refractivity contribution in [1.82, 2.24) is 0 Å². The molecular weight excluding hydrogens is 178 g/mol. The van der Waals surface area contributed by atoms with Crippen molar-refractivity contribution in [3.63, 3.8) is 0 Å². The van der Waals surface area contributed by atoms with E-state index in [0.29, 0.717) is 0 Å². The third-order valence-electron chi connectivity index (χ3n) is 0. The predicted octanol–water partition coefficient (Wildman–Crippen LogP) is -0.896. The van der Waals surface area contributed by atoms with Gasteiger partial charge in [0.05, 0.1) is 17.4 Å². The van der Waals surface area contributed by atoms with Crippen LogP contribution in [0.2, 0.25) is 0 Å². The molecule has 0 atom stereocenters. The zero-order valence-electron chi connectivity index (χ0n) is 2.94. The van der Waals surface area contributed by atoms with Gasteiger partial charge in [-0.05, 0) is 0 Å². The fourth-order valence-electron chi connectivity index (χ4n) is 0. The summed E-state index contributed by atoms with van der Waals surface area (Å²) in [6, 6.07) is 0. The summed E-state index contributed by atoms with van der Waals surface area (Å²) < 4.78 is 16.7. The quantitative estimate of drug-likeness (QED) is 0.450. The fourth-order valence-corrected chi connectivity index (χ4v) is 0. The molecule has 0 aromatic carbocycles. The second kappa shape index (κ2) is 30.2. The van der Waals surface area contributed by atoms with Crippen LogP contribution in [0, 0.1) is 0 Å². The zero-order chi connectivity index (χ0) is 5.41. The molecule has 0 spiro atoms. The van der Waals surface area contributed by atoms with Crippen LogP contribution in [0.5, 0.6) is 0 Å². The molecule has 7 heteroatoms. The average molecular weight is 178 g/mol. The van der Waals surface area contributed by atoms with Gasteiger partial charge in [-0.15, -0.1) is 0 Å². The summed E-state index contributed by atoms with van der Waals surface area (Å²) in [5.41, 5.74) is 0. The minimum Gasteiger partial charge on any atom is -0.772 e. The maximum absolute atomic E-state index is 8.35. The maximum atomic E-state index is 8.35. The van der Waals surface area contributed by atoms with E-state index in [4.69, 9.17) is 18.9 Å². The molecule has 40 valence electrons. The van der Waals surface area contributed by atoms with Crippen molar-refractivity contribution in [3.05, 3.63) is 0 Å². The topological polar surface area (TPSA) is 80.3 Å². The van der Waals surface area contributed by atoms with Gasteiger partial charge in [-0.1, -0.05) is 0 Å². The van der Waals surface area contributed by atoms with Gasteiger partial charge in [0.1, 0.15) is 0 Å². The van der Waals surface area contributed by atoms with Crippen LogP contribution in [0.15, 0.2) is 0 Å². The van der Waals surface area contributed by atoms with Crippen molar-refractivity contribution in [2.24, 2.45) is 0 Å². The molecule has 0 bridgehead atoms. The van der Waals surface area contributed by atoms with E-state index >= 15 is 0 Å². The van der Waals surface area contributed by atoms with Crippen LogP contribution < -0.4 is 9.79 Å². The molecule has 7 heavy (non-hydrogen) atoms. The van der Waals surface area contributed by atoms with Crippen molar-refractivity contribution >= 4 is 17.4 Å². The van der Waals surface area contributed by atoms with Crippen LogP contribution in [0.25, 0.3) is 0 Å². The Morgan fingerprint density at radius 3 is 1.00 bits per heavy atom. The SMILES string of the molecule is O=P[O-].O=P[O-].[Cr+2]. The van der Waals surface area contributed by atoms with Gasteiger partial charge in [-0.3, -0.25) is 9.13 Å². The average Bonchev–Trinajstić information content (AvgIpc) is 1.39. The van der Waals surface area contributed by atoms with Gasteiger partial charge in [-0.25, -0.2) is 0 Å². The van der Waals surface area contributed by atoms with Crippen LogP contribution in [0.4, 0.5) is 0 Å². The Morgan fingerprint density at radius 2 is 1.00 bits per heavy atom. The Kier molecular flexibility index (Phi) is 67.5. The summed E-state index contributed by atoms with van der Waals surface area (Å²) in [5.74, 6) is 0. The first kappa shape index (κ1) is 15.6. The van der Waals surface area contributed by atoms with Crippen molar-refractivity contribution in [2.75, 3.05) is 0 Å². The van der Waals surface area contributed by atoms with Crippen LogP contribution in [0.1, 0.15) is 0 Å². The van der Waals surface area contributed by atoms with Gasteiger partial charge in [0.25, 0.3) is 0 Å². The molecule has 0 saturated heterocycles. The van der Waals surface area contributed by atoms with E-state index in [1.165, 1.54) is 0 Å². The molecule has 0 aliphatic rings. The van der Waals surface area contributed by atoms with E-state index in [2.05, 4.69) is 0 Å². The summed E-state index contributed by atoms with van der Waals surface area (Å²) in [4.78, 5) is 16.7. The molecule has 0 rings (SSSR count). The first-order valence-electron chi connectivity index (χ1n) is 0.730. The van der Waals surface area contributed by atoms with Crippen LogP contribution in [-0.2, 0) is 26.5 Å². The molecule has 0 aliphatic carbocycles. The summed E-state index contributed by atoms with van der Waals surface area (Å²) in [7, 11) is -2.17. The molecule has 0 fully saturated rings. The van der Waals surface area contributed by atoms with Crippen molar-refractivity contribution in [2.45, 2.75) is 0 Å². The minimum atomic E-state index is -1.08. The summed E-state index contributed by atoms with van der Waals surface area (Å²) in [6.45, 7) is 0. The Hall–Kier alpha value is 0.652. The smallest absolute Gasteiger partial charge is 0.772 e. The molecule has 0 radical (unpaired) electrons. The first-order chi connectivity index (χ1) is 2.83. The van der Waals surface area contributed by atoms with Crippen molar-refractivity contribution in [1.29, 1.82) is 0 Å². The van der Waals surface area contributed by atoms with Gasteiger partial charge < -0.3 is 9.79 Å². The Labute approximate surface area is 54.3 Å². The van der Waals surface area contributed by atoms with Gasteiger partial charge >= 0.3 is 17.4 Å². The number of rotatable bonds is 0. The van der Waals surface area contributed by atoms with E-state index in [0.717, 1.165) is 0 Å². The van der Waals surface area contributed by atoms with Gasteiger partial charge in [0.15, 0.2) is 0 Å². The molecule has 0 saturated carbocycles. The second-order valence-corrected chi connectivity index (χ2v) is 0.447. The van der Waals surface area contributed by atoms with E-state index in [-0.39, 0.29) is 17.4 Å². The van der Waals surface area contributed by atoms with Gasteiger partial charge in [0.2, 0.25) is 0 Å². The molecule has 0 amide bonds. The number of hydrogen-bond acceptors (Lipinski definition) is 4. The molecule has 0 N–H and O–H groups in total. The fraction of sp³-hybridized carbons (Fsp3) is 0. The summed E-state index contributed by atoms with van der Waals surface area (Å²) in [5, 5.41) is 0. The molecule has 4 nitrogen and oxygen atoms in total. The second-order valence-electron chi connectivity index (χ2n) is 0.149. The summed E-state index contributed by atoms with van der Waals surface area (Å²) >= 11 is 0. The maximum Gasteiger partial charge on any atom is 2.00 e. The van der Waals surface area contributed by atoms with Gasteiger partial charge in [0, 0.05) is 0 Å². The molecular formula is CrO4P2. The van der Waals surface area contributed by atoms with Crippen LogP contribution >= 0.6 is 17.4 Å². The summed E-state index contributed by atoms with van der Waals surface area (Å²) in [6.07, 6.45) is 0. The Morgan fingerprint density at radius 1 is 1.00 bits per heavy atom. The van der Waals surface area contributed by atoms with Gasteiger partial charge in [-0.2, -0.15) is 0 Å². The monoisotopic (exact) mass is 178 g/mol. The minimum absolute atomic E-state index is 0. The van der Waals surface area contributed by atoms with Crippen LogP contribution in [0.3, 0.4) is 0 Å². The molecule has 0 aromatic rings. The predicted molar refractivity (Wildman–Crippen MR) is 15.2 cm³/mol. The van der Waals surface area contributed by atoms with Crippen molar-refractivity contribution < 1.29 is 36.3 Å². The Balaban J connectivity index is -0.0000000400. The third kappa shape index (κ3) is 338. The largest absolute Gasteiger partial charge is 2.00 e. The van der Waals surface area contributed by atoms with E-state index in [1.54, 1.807) is 0 Å². The molecule has 0 unspecified atom stereocenters. The molecule has 0 aliphatic heterocycles. The third-order valence-corrected chi connectivity index (χ3v) is 0. The van der Waals surface area contributed by atoms with E-state index in [9.17, 15) is 0 Å². The molecule has 0 heterocycles. The standard InChI is InChI=1S/Cr.2HO2P/c;2*1-3-2/h;2*(H,1,2)/q+2;;/p-2. The zero-order valence-corrected chi connectivity index (χ0v) is 6.00. The number of hydrogen-bond donors (Lipinski definition) is 0.